The molecule has 1 saturated heterocycles. The molecular weight excluding hydrogens is 466 g/mol. The van der Waals surface area contributed by atoms with Gasteiger partial charge in [0.15, 0.2) is 11.5 Å². The van der Waals surface area contributed by atoms with Crippen molar-refractivity contribution in [2.75, 3.05) is 13.1 Å². The minimum atomic E-state index is -4.94. The first-order valence-electron chi connectivity index (χ1n) is 12.7. The molecule has 0 N–H and O–H groups in total. The highest BCUT2D eigenvalue weighted by atomic mass is 35.7. The van der Waals surface area contributed by atoms with E-state index in [2.05, 4.69) is 53.1 Å². The van der Waals surface area contributed by atoms with Gasteiger partial charge in [0.1, 0.15) is 13.1 Å². The van der Waals surface area contributed by atoms with Crippen LogP contribution < -0.4 is 18.6 Å². The third-order valence-electron chi connectivity index (χ3n) is 7.78. The largest absolute Gasteiger partial charge is 0.294 e. The Hall–Kier alpha value is -2.09. The van der Waals surface area contributed by atoms with Crippen molar-refractivity contribution in [3.63, 3.8) is 0 Å². The van der Waals surface area contributed by atoms with Gasteiger partial charge in [-0.05, 0) is 43.2 Å². The summed E-state index contributed by atoms with van der Waals surface area (Å²) >= 11 is 0. The van der Waals surface area contributed by atoms with Gasteiger partial charge < -0.3 is 0 Å². The summed E-state index contributed by atoms with van der Waals surface area (Å²) in [6.07, 6.45) is 11.1. The summed E-state index contributed by atoms with van der Waals surface area (Å²) in [4.78, 5) is 13.7. The smallest absolute Gasteiger partial charge is 0.166 e. The van der Waals surface area contributed by atoms with Crippen molar-refractivity contribution < 1.29 is 38.2 Å². The highest BCUT2D eigenvalue weighted by molar-refractivity contribution is 6.01. The van der Waals surface area contributed by atoms with Crippen molar-refractivity contribution in [1.29, 1.82) is 0 Å². The van der Waals surface area contributed by atoms with Crippen molar-refractivity contribution >= 4 is 11.5 Å². The SMILES string of the molecule is O=C1c2ccccc2CCC1C(c1ccccc1)C1CCCCC1=[N+]1CCCCC1.[O-][Cl+3]([O-])([O-])[O-]. The average molecular weight is 500 g/mol. The molecule has 0 spiro atoms. The van der Waals surface area contributed by atoms with E-state index in [1.165, 1.54) is 69.2 Å². The van der Waals surface area contributed by atoms with Crippen LogP contribution in [0, 0.1) is 22.1 Å². The van der Waals surface area contributed by atoms with Gasteiger partial charge in [-0.15, -0.1) is 10.2 Å². The number of Topliss-reactive ketones (excluding diaryl/α,β-unsaturated/α-hetero) is 1. The number of halogens is 1. The first-order chi connectivity index (χ1) is 16.8. The van der Waals surface area contributed by atoms with Crippen molar-refractivity contribution in [3.8, 4) is 0 Å². The normalized spacial score (nSPS) is 23.7. The van der Waals surface area contributed by atoms with Gasteiger partial charge in [-0.2, -0.15) is 0 Å². The van der Waals surface area contributed by atoms with Crippen molar-refractivity contribution in [1.82, 2.24) is 0 Å². The van der Waals surface area contributed by atoms with Crippen LogP contribution in [0.25, 0.3) is 0 Å². The van der Waals surface area contributed by atoms with E-state index < -0.39 is 10.2 Å². The summed E-state index contributed by atoms with van der Waals surface area (Å²) in [6, 6.07) is 19.3. The lowest BCUT2D eigenvalue weighted by atomic mass is 9.65. The van der Waals surface area contributed by atoms with Gasteiger partial charge in [0.05, 0.1) is 0 Å². The van der Waals surface area contributed by atoms with Gasteiger partial charge in [0, 0.05) is 42.6 Å². The molecule has 1 heterocycles. The van der Waals surface area contributed by atoms with Gasteiger partial charge in [0.25, 0.3) is 0 Å². The molecule has 0 bridgehead atoms. The molecule has 2 aliphatic carbocycles. The van der Waals surface area contributed by atoms with E-state index in [9.17, 15) is 4.79 Å². The summed E-state index contributed by atoms with van der Waals surface area (Å²) in [6.45, 7) is 2.43. The zero-order chi connectivity index (χ0) is 24.8. The second-order valence-electron chi connectivity index (χ2n) is 9.87. The van der Waals surface area contributed by atoms with Crippen LogP contribution in [-0.4, -0.2) is 29.2 Å². The second-order valence-corrected chi connectivity index (χ2v) is 10.6. The fraction of sp³-hybridized carbons (Fsp3) is 0.500. The first kappa shape index (κ1) is 26.0. The Morgan fingerprint density at radius 2 is 1.40 bits per heavy atom. The Morgan fingerprint density at radius 3 is 2.11 bits per heavy atom. The number of nitrogens with zero attached hydrogens (tertiary/aromatic N) is 1. The zero-order valence-electron chi connectivity index (χ0n) is 20.1. The molecule has 3 aliphatic rings. The Kier molecular flexibility index (Phi) is 8.73. The molecule has 2 fully saturated rings. The topological polar surface area (TPSA) is 112 Å². The van der Waals surface area contributed by atoms with E-state index in [1.54, 1.807) is 5.71 Å². The van der Waals surface area contributed by atoms with E-state index >= 15 is 0 Å². The molecule has 0 amide bonds. The number of carbonyl (C=O) groups is 1. The Bertz CT molecular complexity index is 1020. The number of piperidine rings is 1. The fourth-order valence-corrected chi connectivity index (χ4v) is 6.37. The van der Waals surface area contributed by atoms with Crippen LogP contribution in [0.5, 0.6) is 0 Å². The second kappa shape index (κ2) is 11.8. The number of carbonyl (C=O) groups excluding carboxylic acids is 1. The standard InChI is InChI=1S/C28H34NO.ClHO4/c30-28-23-14-6-5-11-21(23)17-18-25(28)27(22-12-3-1-4-13-22)24-15-7-8-16-26(24)29-19-9-2-10-20-29;2-1(3,4)5/h1,3-6,11-14,24-25,27H,2,7-10,15-20H2;(H,2,3,4,5)/q+1;/p-1. The van der Waals surface area contributed by atoms with Gasteiger partial charge in [-0.25, -0.2) is 23.2 Å². The summed E-state index contributed by atoms with van der Waals surface area (Å²) in [5.74, 6) is 1.31. The molecule has 0 radical (unpaired) electrons. The third kappa shape index (κ3) is 6.78. The molecule has 2 aromatic rings. The van der Waals surface area contributed by atoms with Crippen molar-refractivity contribution in [2.24, 2.45) is 11.8 Å². The monoisotopic (exact) mass is 499 g/mol. The molecule has 35 heavy (non-hydrogen) atoms. The molecule has 6 nitrogen and oxygen atoms in total. The first-order valence-corrected chi connectivity index (χ1v) is 14.0. The molecule has 1 aliphatic heterocycles. The van der Waals surface area contributed by atoms with Crippen LogP contribution in [0.15, 0.2) is 54.6 Å². The van der Waals surface area contributed by atoms with E-state index in [0.717, 1.165) is 18.4 Å². The van der Waals surface area contributed by atoms with Crippen LogP contribution in [-0.2, 0) is 6.42 Å². The zero-order valence-corrected chi connectivity index (χ0v) is 20.8. The summed E-state index contributed by atoms with van der Waals surface area (Å²) < 4.78 is 36.7. The quantitative estimate of drug-likeness (QED) is 0.590. The molecule has 1 saturated carbocycles. The predicted molar refractivity (Wildman–Crippen MR) is 123 cm³/mol. The van der Waals surface area contributed by atoms with E-state index in [0.29, 0.717) is 17.6 Å². The summed E-state index contributed by atoms with van der Waals surface area (Å²) in [5.41, 5.74) is 5.26. The number of hydrogen-bond donors (Lipinski definition) is 0. The lowest BCUT2D eigenvalue weighted by Crippen LogP contribution is -2.68. The number of aryl methyl sites for hydroxylation is 1. The Morgan fingerprint density at radius 1 is 0.743 bits per heavy atom. The van der Waals surface area contributed by atoms with Crippen LogP contribution in [0.3, 0.4) is 0 Å². The minimum Gasteiger partial charge on any atom is -0.294 e. The van der Waals surface area contributed by atoms with Crippen LogP contribution in [0.4, 0.5) is 0 Å². The van der Waals surface area contributed by atoms with Crippen LogP contribution in [0.2, 0.25) is 0 Å². The maximum absolute atomic E-state index is 13.7. The average Bonchev–Trinajstić information content (AvgIpc) is 2.86. The number of rotatable bonds is 3. The van der Waals surface area contributed by atoms with Crippen molar-refractivity contribution in [2.45, 2.75) is 63.7 Å². The lowest BCUT2D eigenvalue weighted by Gasteiger charge is -2.37. The molecular formula is C28H34ClNO5. The van der Waals surface area contributed by atoms with E-state index in [4.69, 9.17) is 18.6 Å². The van der Waals surface area contributed by atoms with Crippen LogP contribution in [0.1, 0.15) is 78.8 Å². The fourth-order valence-electron chi connectivity index (χ4n) is 6.37. The lowest BCUT2D eigenvalue weighted by molar-refractivity contribution is -2.00. The van der Waals surface area contributed by atoms with E-state index in [1.807, 2.05) is 6.07 Å². The number of fused-ring (bicyclic) bond motifs is 1. The highest BCUT2D eigenvalue weighted by Crippen LogP contribution is 2.44. The molecule has 3 unspecified atom stereocenters. The third-order valence-corrected chi connectivity index (χ3v) is 7.78. The molecule has 3 atom stereocenters. The molecule has 188 valence electrons. The van der Waals surface area contributed by atoms with Gasteiger partial charge in [-0.1, -0.05) is 61.0 Å². The Balaban J connectivity index is 0.000000527. The maximum atomic E-state index is 13.7. The Labute approximate surface area is 209 Å². The summed E-state index contributed by atoms with van der Waals surface area (Å²) in [5, 5.41) is 0. The predicted octanol–water partition coefficient (Wildman–Crippen LogP) is 1.29. The number of ketones is 1. The molecule has 5 rings (SSSR count). The van der Waals surface area contributed by atoms with Gasteiger partial charge in [-0.3, -0.25) is 4.79 Å². The summed E-state index contributed by atoms with van der Waals surface area (Å²) in [7, 11) is -4.94. The van der Waals surface area contributed by atoms with Gasteiger partial charge in [0.2, 0.25) is 0 Å². The maximum Gasteiger partial charge on any atom is 0.166 e. The number of hydrogen-bond acceptors (Lipinski definition) is 5. The highest BCUT2D eigenvalue weighted by Gasteiger charge is 2.43. The molecule has 7 heteroatoms. The van der Waals surface area contributed by atoms with Crippen molar-refractivity contribution in [3.05, 3.63) is 71.3 Å². The minimum absolute atomic E-state index is 0.102. The molecule has 2 aromatic carbocycles. The van der Waals surface area contributed by atoms with Crippen LogP contribution >= 0.6 is 0 Å². The molecule has 0 aromatic heterocycles. The van der Waals surface area contributed by atoms with Gasteiger partial charge >= 0.3 is 0 Å². The number of benzene rings is 2. The van der Waals surface area contributed by atoms with E-state index in [-0.39, 0.29) is 5.92 Å².